The minimum atomic E-state index is -0.284. The summed E-state index contributed by atoms with van der Waals surface area (Å²) in [6.07, 6.45) is 7.08. The van der Waals surface area contributed by atoms with Crippen LogP contribution in [0.1, 0.15) is 47.4 Å². The van der Waals surface area contributed by atoms with E-state index in [0.717, 1.165) is 29.9 Å². The SMILES string of the molecule is CCOc1cccn2cc(C3(c4ccccc4)CCN(C(=O)c4coc(C)n4)CC3)nc12. The van der Waals surface area contributed by atoms with Crippen molar-refractivity contribution in [2.45, 2.75) is 32.1 Å². The molecule has 0 saturated carbocycles. The lowest BCUT2D eigenvalue weighted by atomic mass is 9.70. The Morgan fingerprint density at radius 2 is 1.91 bits per heavy atom. The summed E-state index contributed by atoms with van der Waals surface area (Å²) >= 11 is 0. The van der Waals surface area contributed by atoms with Crippen LogP contribution in [0.4, 0.5) is 0 Å². The Kier molecular flexibility index (Phi) is 5.17. The fourth-order valence-corrected chi connectivity index (χ4v) is 4.65. The van der Waals surface area contributed by atoms with Crippen molar-refractivity contribution in [3.8, 4) is 5.75 Å². The normalized spacial score (nSPS) is 15.8. The Hall–Kier alpha value is -3.61. The van der Waals surface area contributed by atoms with E-state index in [2.05, 4.69) is 35.4 Å². The van der Waals surface area contributed by atoms with Crippen molar-refractivity contribution in [1.82, 2.24) is 19.3 Å². The van der Waals surface area contributed by atoms with Gasteiger partial charge in [0.25, 0.3) is 5.91 Å². The van der Waals surface area contributed by atoms with Gasteiger partial charge in [0.2, 0.25) is 0 Å². The molecule has 0 aliphatic carbocycles. The maximum Gasteiger partial charge on any atom is 0.275 e. The first-order chi connectivity index (χ1) is 15.6. The van der Waals surface area contributed by atoms with E-state index in [-0.39, 0.29) is 11.3 Å². The van der Waals surface area contributed by atoms with Gasteiger partial charge in [-0.15, -0.1) is 0 Å². The van der Waals surface area contributed by atoms with Crippen molar-refractivity contribution in [2.75, 3.05) is 19.7 Å². The molecule has 0 atom stereocenters. The van der Waals surface area contributed by atoms with Gasteiger partial charge in [-0.05, 0) is 37.5 Å². The summed E-state index contributed by atoms with van der Waals surface area (Å²) in [5, 5.41) is 0. The molecule has 1 saturated heterocycles. The zero-order valence-corrected chi connectivity index (χ0v) is 18.3. The van der Waals surface area contributed by atoms with Gasteiger partial charge in [0, 0.05) is 37.8 Å². The predicted octanol–water partition coefficient (Wildman–Crippen LogP) is 4.25. The lowest BCUT2D eigenvalue weighted by Gasteiger charge is -2.41. The average Bonchev–Trinajstić information content (AvgIpc) is 3.47. The fourth-order valence-electron chi connectivity index (χ4n) is 4.65. The number of pyridine rings is 1. The van der Waals surface area contributed by atoms with Crippen molar-refractivity contribution in [3.63, 3.8) is 0 Å². The molecular weight excluding hydrogens is 404 g/mol. The number of hydrogen-bond acceptors (Lipinski definition) is 5. The lowest BCUT2D eigenvalue weighted by Crippen LogP contribution is -2.46. The number of piperidine rings is 1. The monoisotopic (exact) mass is 430 g/mol. The standard InChI is InChI=1S/C25H26N4O3/c1-3-31-21-10-7-13-29-16-22(27-23(21)29)25(19-8-5-4-6-9-19)11-14-28(15-12-25)24(30)20-17-32-18(2)26-20/h4-10,13,16-17H,3,11-12,14-15H2,1-2H3. The van der Waals surface area contributed by atoms with E-state index in [0.29, 0.717) is 31.3 Å². The molecule has 7 heteroatoms. The van der Waals surface area contributed by atoms with Gasteiger partial charge in [0.05, 0.1) is 12.3 Å². The van der Waals surface area contributed by atoms with Crippen LogP contribution in [-0.2, 0) is 5.41 Å². The topological polar surface area (TPSA) is 72.9 Å². The van der Waals surface area contributed by atoms with Crippen LogP contribution >= 0.6 is 0 Å². The molecule has 7 nitrogen and oxygen atoms in total. The number of likely N-dealkylation sites (tertiary alicyclic amines) is 1. The van der Waals surface area contributed by atoms with E-state index in [1.807, 2.05) is 40.6 Å². The van der Waals surface area contributed by atoms with Gasteiger partial charge in [-0.1, -0.05) is 30.3 Å². The highest BCUT2D eigenvalue weighted by molar-refractivity contribution is 5.92. The van der Waals surface area contributed by atoms with Crippen LogP contribution in [0.15, 0.2) is 65.5 Å². The Labute approximate surface area is 186 Å². The number of amides is 1. The van der Waals surface area contributed by atoms with E-state index in [9.17, 15) is 4.79 Å². The highest BCUT2D eigenvalue weighted by Gasteiger charge is 2.41. The average molecular weight is 431 g/mol. The van der Waals surface area contributed by atoms with Crippen molar-refractivity contribution < 1.29 is 13.9 Å². The Bertz CT molecular complexity index is 1240. The molecule has 1 aromatic carbocycles. The van der Waals surface area contributed by atoms with E-state index < -0.39 is 0 Å². The Balaban J connectivity index is 1.51. The molecule has 0 bridgehead atoms. The van der Waals surface area contributed by atoms with Crippen LogP contribution in [-0.4, -0.2) is 44.9 Å². The van der Waals surface area contributed by atoms with Crippen LogP contribution in [0, 0.1) is 6.92 Å². The van der Waals surface area contributed by atoms with Gasteiger partial charge in [0.1, 0.15) is 6.26 Å². The summed E-state index contributed by atoms with van der Waals surface area (Å²) in [7, 11) is 0. The predicted molar refractivity (Wildman–Crippen MR) is 120 cm³/mol. The summed E-state index contributed by atoms with van der Waals surface area (Å²) in [6, 6.07) is 14.4. The second-order valence-electron chi connectivity index (χ2n) is 8.15. The second-order valence-corrected chi connectivity index (χ2v) is 8.15. The number of imidazole rings is 1. The van der Waals surface area contributed by atoms with E-state index >= 15 is 0 Å². The van der Waals surface area contributed by atoms with Gasteiger partial charge < -0.3 is 18.5 Å². The molecule has 4 heterocycles. The van der Waals surface area contributed by atoms with Crippen LogP contribution in [0.25, 0.3) is 5.65 Å². The summed E-state index contributed by atoms with van der Waals surface area (Å²) in [4.78, 5) is 24.0. The molecular formula is C25H26N4O3. The number of rotatable bonds is 5. The molecule has 0 unspecified atom stereocenters. The quantitative estimate of drug-likeness (QED) is 0.473. The highest BCUT2D eigenvalue weighted by atomic mass is 16.5. The molecule has 3 aromatic heterocycles. The van der Waals surface area contributed by atoms with E-state index in [1.54, 1.807) is 6.92 Å². The molecule has 32 heavy (non-hydrogen) atoms. The summed E-state index contributed by atoms with van der Waals surface area (Å²) < 4.78 is 13.1. The van der Waals surface area contributed by atoms with Gasteiger partial charge in [0.15, 0.2) is 23.0 Å². The van der Waals surface area contributed by atoms with E-state index in [1.165, 1.54) is 11.8 Å². The van der Waals surface area contributed by atoms with Crippen LogP contribution in [0.3, 0.4) is 0 Å². The van der Waals surface area contributed by atoms with Gasteiger partial charge >= 0.3 is 0 Å². The number of fused-ring (bicyclic) bond motifs is 1. The Morgan fingerprint density at radius 1 is 1.12 bits per heavy atom. The number of carbonyl (C=O) groups excluding carboxylic acids is 1. The largest absolute Gasteiger partial charge is 0.490 e. The zero-order valence-electron chi connectivity index (χ0n) is 18.3. The lowest BCUT2D eigenvalue weighted by molar-refractivity contribution is 0.0678. The van der Waals surface area contributed by atoms with Crippen LogP contribution < -0.4 is 4.74 Å². The number of aryl methyl sites for hydroxylation is 1. The van der Waals surface area contributed by atoms with E-state index in [4.69, 9.17) is 14.1 Å². The third kappa shape index (κ3) is 3.43. The molecule has 1 aliphatic heterocycles. The number of hydrogen-bond donors (Lipinski definition) is 0. The first kappa shape index (κ1) is 20.3. The van der Waals surface area contributed by atoms with Crippen molar-refractivity contribution in [3.05, 3.63) is 84.0 Å². The summed E-state index contributed by atoms with van der Waals surface area (Å²) in [5.74, 6) is 1.19. The molecule has 0 spiro atoms. The number of benzene rings is 1. The maximum atomic E-state index is 12.9. The maximum absolute atomic E-state index is 12.9. The summed E-state index contributed by atoms with van der Waals surface area (Å²) in [6.45, 7) is 5.54. The molecule has 5 rings (SSSR count). The van der Waals surface area contributed by atoms with Gasteiger partial charge in [-0.25, -0.2) is 9.97 Å². The molecule has 164 valence electrons. The zero-order chi connectivity index (χ0) is 22.1. The first-order valence-corrected chi connectivity index (χ1v) is 11.0. The Morgan fingerprint density at radius 3 is 2.59 bits per heavy atom. The minimum absolute atomic E-state index is 0.0860. The van der Waals surface area contributed by atoms with Crippen molar-refractivity contribution in [2.24, 2.45) is 0 Å². The van der Waals surface area contributed by atoms with Gasteiger partial charge in [-0.3, -0.25) is 4.79 Å². The van der Waals surface area contributed by atoms with Crippen LogP contribution in [0.5, 0.6) is 5.75 Å². The molecule has 1 amide bonds. The molecule has 1 fully saturated rings. The molecule has 0 N–H and O–H groups in total. The number of oxazole rings is 1. The molecule has 0 radical (unpaired) electrons. The number of nitrogens with zero attached hydrogens (tertiary/aromatic N) is 4. The molecule has 4 aromatic rings. The fraction of sp³-hybridized carbons (Fsp3) is 0.320. The third-order valence-electron chi connectivity index (χ3n) is 6.31. The summed E-state index contributed by atoms with van der Waals surface area (Å²) in [5.41, 5.74) is 3.11. The minimum Gasteiger partial charge on any atom is -0.490 e. The third-order valence-corrected chi connectivity index (χ3v) is 6.31. The van der Waals surface area contributed by atoms with Crippen molar-refractivity contribution >= 4 is 11.6 Å². The number of aromatic nitrogens is 3. The van der Waals surface area contributed by atoms with Crippen LogP contribution in [0.2, 0.25) is 0 Å². The smallest absolute Gasteiger partial charge is 0.275 e. The number of carbonyl (C=O) groups is 1. The number of ether oxygens (including phenoxy) is 1. The van der Waals surface area contributed by atoms with Gasteiger partial charge in [-0.2, -0.15) is 0 Å². The molecule has 1 aliphatic rings. The van der Waals surface area contributed by atoms with Crippen molar-refractivity contribution in [1.29, 1.82) is 0 Å². The highest BCUT2D eigenvalue weighted by Crippen LogP contribution is 2.42. The first-order valence-electron chi connectivity index (χ1n) is 11.0. The second kappa shape index (κ2) is 8.15.